The fourth-order valence-corrected chi connectivity index (χ4v) is 3.41. The van der Waals surface area contributed by atoms with E-state index in [1.54, 1.807) is 42.5 Å². The van der Waals surface area contributed by atoms with Crippen LogP contribution in [0.3, 0.4) is 0 Å². The van der Waals surface area contributed by atoms with Crippen molar-refractivity contribution >= 4 is 21.6 Å². The van der Waals surface area contributed by atoms with Crippen LogP contribution in [0.25, 0.3) is 0 Å². The van der Waals surface area contributed by atoms with Crippen molar-refractivity contribution in [2.45, 2.75) is 18.1 Å². The first kappa shape index (κ1) is 16.6. The summed E-state index contributed by atoms with van der Waals surface area (Å²) >= 11 is 0. The van der Waals surface area contributed by atoms with Crippen LogP contribution in [0.15, 0.2) is 48.5 Å². The van der Waals surface area contributed by atoms with Gasteiger partial charge in [0.25, 0.3) is 0 Å². The molecular formula is C17H17FN2O3S. The van der Waals surface area contributed by atoms with E-state index in [0.29, 0.717) is 23.2 Å². The van der Waals surface area contributed by atoms with E-state index in [1.165, 1.54) is 6.07 Å². The van der Waals surface area contributed by atoms with E-state index in [1.807, 2.05) is 0 Å². The van der Waals surface area contributed by atoms with E-state index in [0.717, 1.165) is 0 Å². The summed E-state index contributed by atoms with van der Waals surface area (Å²) in [5.74, 6) is -1.04. The highest BCUT2D eigenvalue weighted by Gasteiger charge is 2.45. The Kier molecular flexibility index (Phi) is 4.38. The summed E-state index contributed by atoms with van der Waals surface area (Å²) in [5, 5.41) is 7.76. The summed E-state index contributed by atoms with van der Waals surface area (Å²) in [6.45, 7) is 0. The molecule has 1 saturated carbocycles. The Morgan fingerprint density at radius 3 is 2.46 bits per heavy atom. The van der Waals surface area contributed by atoms with Crippen molar-refractivity contribution in [1.82, 2.24) is 0 Å². The molecule has 2 atom stereocenters. The molecule has 3 rings (SSSR count). The molecule has 1 aliphatic rings. The van der Waals surface area contributed by atoms with E-state index < -0.39 is 10.0 Å². The van der Waals surface area contributed by atoms with Gasteiger partial charge in [0.05, 0.1) is 5.75 Å². The lowest BCUT2D eigenvalue weighted by atomic mass is 10.1. The second-order valence-corrected chi connectivity index (χ2v) is 7.58. The van der Waals surface area contributed by atoms with Crippen LogP contribution in [0.1, 0.15) is 23.5 Å². The van der Waals surface area contributed by atoms with Crippen molar-refractivity contribution < 1.29 is 17.6 Å². The van der Waals surface area contributed by atoms with E-state index in [2.05, 4.69) is 5.32 Å². The maximum absolute atomic E-state index is 13.7. The highest BCUT2D eigenvalue weighted by molar-refractivity contribution is 7.88. The van der Waals surface area contributed by atoms with Crippen molar-refractivity contribution in [3.05, 3.63) is 65.5 Å². The molecule has 3 N–H and O–H groups in total. The van der Waals surface area contributed by atoms with E-state index >= 15 is 0 Å². The predicted molar refractivity (Wildman–Crippen MR) is 89.1 cm³/mol. The van der Waals surface area contributed by atoms with Crippen LogP contribution < -0.4 is 10.5 Å². The first-order valence-corrected chi connectivity index (χ1v) is 9.20. The molecule has 1 aliphatic carbocycles. The van der Waals surface area contributed by atoms with Gasteiger partial charge in [-0.3, -0.25) is 4.79 Å². The second-order valence-electron chi connectivity index (χ2n) is 5.96. The lowest BCUT2D eigenvalue weighted by molar-refractivity contribution is -0.117. The third-order valence-corrected chi connectivity index (χ3v) is 4.76. The van der Waals surface area contributed by atoms with Gasteiger partial charge < -0.3 is 5.32 Å². The molecule has 1 amide bonds. The Balaban J connectivity index is 1.61. The van der Waals surface area contributed by atoms with Gasteiger partial charge in [0.15, 0.2) is 0 Å². The SMILES string of the molecule is NS(=O)(=O)Cc1ccc(NC(=O)C2CC2c2ccccc2F)cc1. The highest BCUT2D eigenvalue weighted by Crippen LogP contribution is 2.48. The smallest absolute Gasteiger partial charge is 0.228 e. The Hall–Kier alpha value is -2.25. The normalized spacial score (nSPS) is 19.8. The maximum Gasteiger partial charge on any atom is 0.228 e. The zero-order valence-electron chi connectivity index (χ0n) is 12.8. The fourth-order valence-electron chi connectivity index (χ4n) is 2.76. The van der Waals surface area contributed by atoms with Crippen LogP contribution in [-0.2, 0) is 20.6 Å². The minimum Gasteiger partial charge on any atom is -0.326 e. The Morgan fingerprint density at radius 2 is 1.83 bits per heavy atom. The van der Waals surface area contributed by atoms with E-state index in [4.69, 9.17) is 5.14 Å². The lowest BCUT2D eigenvalue weighted by Gasteiger charge is -2.07. The van der Waals surface area contributed by atoms with Gasteiger partial charge in [-0.15, -0.1) is 0 Å². The molecule has 1 fully saturated rings. The molecule has 126 valence electrons. The predicted octanol–water partition coefficient (Wildman–Crippen LogP) is 2.36. The van der Waals surface area contributed by atoms with Gasteiger partial charge in [-0.05, 0) is 41.7 Å². The molecule has 0 bridgehead atoms. The largest absolute Gasteiger partial charge is 0.326 e. The topological polar surface area (TPSA) is 89.3 Å². The van der Waals surface area contributed by atoms with Crippen molar-refractivity contribution in [3.63, 3.8) is 0 Å². The zero-order chi connectivity index (χ0) is 17.3. The van der Waals surface area contributed by atoms with Crippen molar-refractivity contribution in [3.8, 4) is 0 Å². The number of primary sulfonamides is 1. The maximum atomic E-state index is 13.7. The molecule has 0 aliphatic heterocycles. The van der Waals surface area contributed by atoms with Crippen LogP contribution >= 0.6 is 0 Å². The minimum absolute atomic E-state index is 0.0899. The number of nitrogens with one attached hydrogen (secondary N) is 1. The standard InChI is InChI=1S/C17H17FN2O3S/c18-16-4-2-1-3-13(16)14-9-15(14)17(21)20-12-7-5-11(6-8-12)10-24(19,22)23/h1-8,14-15H,9-10H2,(H,20,21)(H2,19,22,23). The number of nitrogens with two attached hydrogens (primary N) is 1. The molecule has 2 aromatic carbocycles. The van der Waals surface area contributed by atoms with Gasteiger partial charge in [0, 0.05) is 11.6 Å². The summed E-state index contributed by atoms with van der Waals surface area (Å²) in [7, 11) is -3.58. The summed E-state index contributed by atoms with van der Waals surface area (Å²) in [4.78, 5) is 12.2. The van der Waals surface area contributed by atoms with Crippen molar-refractivity contribution in [2.24, 2.45) is 11.1 Å². The Morgan fingerprint density at radius 1 is 1.17 bits per heavy atom. The number of amides is 1. The average molecular weight is 348 g/mol. The molecule has 7 heteroatoms. The van der Waals surface area contributed by atoms with Crippen LogP contribution in [0, 0.1) is 11.7 Å². The monoisotopic (exact) mass is 348 g/mol. The van der Waals surface area contributed by atoms with Crippen LogP contribution in [0.2, 0.25) is 0 Å². The van der Waals surface area contributed by atoms with Crippen LogP contribution in [0.4, 0.5) is 10.1 Å². The van der Waals surface area contributed by atoms with Crippen molar-refractivity contribution in [2.75, 3.05) is 5.32 Å². The zero-order valence-corrected chi connectivity index (χ0v) is 13.6. The molecule has 2 unspecified atom stereocenters. The van der Waals surface area contributed by atoms with Crippen molar-refractivity contribution in [1.29, 1.82) is 0 Å². The van der Waals surface area contributed by atoms with Gasteiger partial charge in [-0.1, -0.05) is 30.3 Å². The van der Waals surface area contributed by atoms with Crippen LogP contribution in [0.5, 0.6) is 0 Å². The number of benzene rings is 2. The van der Waals surface area contributed by atoms with E-state index in [9.17, 15) is 17.6 Å². The Labute approximate surface area is 139 Å². The number of rotatable bonds is 5. The molecular weight excluding hydrogens is 331 g/mol. The molecule has 5 nitrogen and oxygen atoms in total. The molecule has 0 saturated heterocycles. The van der Waals surface area contributed by atoms with Crippen LogP contribution in [-0.4, -0.2) is 14.3 Å². The first-order chi connectivity index (χ1) is 11.3. The number of carbonyl (C=O) groups is 1. The summed E-state index contributed by atoms with van der Waals surface area (Å²) < 4.78 is 35.8. The highest BCUT2D eigenvalue weighted by atomic mass is 32.2. The number of anilines is 1. The molecule has 0 spiro atoms. The number of carbonyl (C=O) groups excluding carboxylic acids is 1. The molecule has 24 heavy (non-hydrogen) atoms. The van der Waals surface area contributed by atoms with Gasteiger partial charge in [0.1, 0.15) is 5.82 Å². The molecule has 0 radical (unpaired) electrons. The molecule has 0 heterocycles. The fraction of sp³-hybridized carbons (Fsp3) is 0.235. The Bertz CT molecular complexity index is 866. The number of hydrogen-bond donors (Lipinski definition) is 2. The summed E-state index contributed by atoms with van der Waals surface area (Å²) in [5.41, 5.74) is 1.68. The molecule has 0 aromatic heterocycles. The number of halogens is 1. The van der Waals surface area contributed by atoms with E-state index in [-0.39, 0.29) is 29.3 Å². The summed E-state index contributed by atoms with van der Waals surface area (Å²) in [6, 6.07) is 12.9. The third-order valence-electron chi connectivity index (χ3n) is 4.02. The quantitative estimate of drug-likeness (QED) is 0.869. The third kappa shape index (κ3) is 3.98. The summed E-state index contributed by atoms with van der Waals surface area (Å²) in [6.07, 6.45) is 0.621. The van der Waals surface area contributed by atoms with Gasteiger partial charge >= 0.3 is 0 Å². The second kappa shape index (κ2) is 6.33. The van der Waals surface area contributed by atoms with Gasteiger partial charge in [0.2, 0.25) is 15.9 Å². The first-order valence-electron chi connectivity index (χ1n) is 7.48. The number of sulfonamides is 1. The van der Waals surface area contributed by atoms with Gasteiger partial charge in [-0.25, -0.2) is 17.9 Å². The van der Waals surface area contributed by atoms with Gasteiger partial charge in [-0.2, -0.15) is 0 Å². The number of hydrogen-bond acceptors (Lipinski definition) is 3. The minimum atomic E-state index is -3.58. The average Bonchev–Trinajstić information content (AvgIpc) is 3.29. The lowest BCUT2D eigenvalue weighted by Crippen LogP contribution is -2.16. The molecule has 2 aromatic rings.